The van der Waals surface area contributed by atoms with Gasteiger partial charge in [-0.05, 0) is 140 Å². The SMILES string of the molecule is Cc1ccc(Cc2ccc(S(=O)(=O)c3ccc(Oc4ccc(C(C)(C)c5ccc(Oc6ccc(S(=O)(=O)c7ccc(C)cc7)cc6)cc5)cc4)cc3)cc2)cc1. The van der Waals surface area contributed by atoms with Crippen LogP contribution < -0.4 is 9.47 Å². The van der Waals surface area contributed by atoms with Crippen molar-refractivity contribution in [3.63, 3.8) is 0 Å². The smallest absolute Gasteiger partial charge is 0.206 e. The lowest BCUT2D eigenvalue weighted by atomic mass is 9.78. The normalized spacial score (nSPS) is 11.9. The molecule has 7 aromatic carbocycles. The highest BCUT2D eigenvalue weighted by Gasteiger charge is 2.24. The molecule has 0 radical (unpaired) electrons. The van der Waals surface area contributed by atoms with E-state index in [1.807, 2.05) is 67.6 Å². The minimum absolute atomic E-state index is 0.201. The first-order valence-electron chi connectivity index (χ1n) is 18.3. The zero-order valence-corrected chi connectivity index (χ0v) is 33.3. The minimum atomic E-state index is -3.69. The second-order valence-corrected chi connectivity index (χ2v) is 18.3. The third kappa shape index (κ3) is 8.47. The quantitative estimate of drug-likeness (QED) is 0.123. The van der Waals surface area contributed by atoms with Crippen LogP contribution in [0.5, 0.6) is 23.0 Å². The third-order valence-corrected chi connectivity index (χ3v) is 13.6. The van der Waals surface area contributed by atoms with Gasteiger partial charge in [0.25, 0.3) is 0 Å². The standard InChI is InChI=1S/C48H42O6S2/c1-34-5-9-36(10-6-34)33-37-11-27-45(28-12-37)56(51,52)47-31-23-43(24-32-47)54-41-19-15-39(16-20-41)48(3,4)38-13-17-40(18-14-38)53-42-21-29-46(30-22-42)55(49,50)44-25-7-35(2)8-26-44/h5-32H,33H2,1-4H3. The van der Waals surface area contributed by atoms with E-state index >= 15 is 0 Å². The van der Waals surface area contributed by atoms with Gasteiger partial charge in [0.15, 0.2) is 0 Å². The lowest BCUT2D eigenvalue weighted by molar-refractivity contribution is 0.480. The highest BCUT2D eigenvalue weighted by atomic mass is 32.2. The number of hydrogen-bond acceptors (Lipinski definition) is 6. The average Bonchev–Trinajstić information content (AvgIpc) is 3.20. The topological polar surface area (TPSA) is 86.7 Å². The van der Waals surface area contributed by atoms with Crippen LogP contribution in [-0.2, 0) is 31.5 Å². The van der Waals surface area contributed by atoms with Crippen LogP contribution in [0.25, 0.3) is 0 Å². The summed E-state index contributed by atoms with van der Waals surface area (Å²) >= 11 is 0. The first kappa shape index (κ1) is 38.3. The highest BCUT2D eigenvalue weighted by Crippen LogP contribution is 2.35. The van der Waals surface area contributed by atoms with Crippen molar-refractivity contribution in [3.05, 3.63) is 203 Å². The largest absolute Gasteiger partial charge is 0.457 e. The van der Waals surface area contributed by atoms with Crippen LogP contribution in [0, 0.1) is 13.8 Å². The molecule has 0 aliphatic rings. The maximum Gasteiger partial charge on any atom is 0.206 e. The molecule has 0 aliphatic heterocycles. The van der Waals surface area contributed by atoms with Crippen molar-refractivity contribution in [2.75, 3.05) is 0 Å². The molecule has 0 amide bonds. The predicted octanol–water partition coefficient (Wildman–Crippen LogP) is 11.5. The van der Waals surface area contributed by atoms with Gasteiger partial charge in [-0.1, -0.05) is 97.8 Å². The Labute approximate surface area is 329 Å². The van der Waals surface area contributed by atoms with E-state index in [4.69, 9.17) is 9.47 Å². The minimum Gasteiger partial charge on any atom is -0.457 e. The maximum absolute atomic E-state index is 13.4. The van der Waals surface area contributed by atoms with Crippen LogP contribution in [0.4, 0.5) is 0 Å². The van der Waals surface area contributed by atoms with Crippen molar-refractivity contribution < 1.29 is 26.3 Å². The Morgan fingerprint density at radius 3 is 0.964 bits per heavy atom. The van der Waals surface area contributed by atoms with Gasteiger partial charge >= 0.3 is 0 Å². The Kier molecular flexibility index (Phi) is 10.7. The van der Waals surface area contributed by atoms with Gasteiger partial charge in [0, 0.05) is 5.41 Å². The maximum atomic E-state index is 13.4. The van der Waals surface area contributed by atoms with Gasteiger partial charge in [0.2, 0.25) is 19.7 Å². The molecule has 7 aromatic rings. The molecule has 56 heavy (non-hydrogen) atoms. The van der Waals surface area contributed by atoms with E-state index in [2.05, 4.69) is 45.0 Å². The zero-order chi connectivity index (χ0) is 39.5. The number of sulfone groups is 2. The van der Waals surface area contributed by atoms with Crippen LogP contribution in [0.3, 0.4) is 0 Å². The van der Waals surface area contributed by atoms with E-state index in [1.54, 1.807) is 84.9 Å². The lowest BCUT2D eigenvalue weighted by Crippen LogP contribution is -2.18. The molecule has 8 heteroatoms. The van der Waals surface area contributed by atoms with Crippen LogP contribution in [0.15, 0.2) is 189 Å². The molecule has 0 spiro atoms. The summed E-state index contributed by atoms with van der Waals surface area (Å²) in [5.41, 5.74) is 6.24. The molecule has 0 fully saturated rings. The zero-order valence-electron chi connectivity index (χ0n) is 31.6. The molecular weight excluding hydrogens is 737 g/mol. The van der Waals surface area contributed by atoms with Crippen LogP contribution in [0.1, 0.15) is 47.2 Å². The van der Waals surface area contributed by atoms with Gasteiger partial charge in [-0.25, -0.2) is 16.8 Å². The first-order chi connectivity index (χ1) is 26.8. The van der Waals surface area contributed by atoms with Crippen LogP contribution in [0.2, 0.25) is 0 Å². The second-order valence-electron chi connectivity index (χ2n) is 14.4. The fourth-order valence-corrected chi connectivity index (χ4v) is 8.93. The molecule has 7 rings (SSSR count). The predicted molar refractivity (Wildman–Crippen MR) is 221 cm³/mol. The Morgan fingerprint density at radius 2 is 0.625 bits per heavy atom. The molecule has 0 bridgehead atoms. The highest BCUT2D eigenvalue weighted by molar-refractivity contribution is 7.91. The third-order valence-electron chi connectivity index (χ3n) is 9.99. The Hall–Kier alpha value is -5.96. The van der Waals surface area contributed by atoms with E-state index in [0.717, 1.165) is 28.7 Å². The number of rotatable bonds is 12. The fraction of sp³-hybridized carbons (Fsp3) is 0.125. The Balaban J connectivity index is 0.956. The van der Waals surface area contributed by atoms with E-state index in [9.17, 15) is 16.8 Å². The lowest BCUT2D eigenvalue weighted by Gasteiger charge is -2.26. The number of aryl methyl sites for hydroxylation is 2. The van der Waals surface area contributed by atoms with Crippen LogP contribution >= 0.6 is 0 Å². The summed E-state index contributed by atoms with van der Waals surface area (Å²) in [6.07, 6.45) is 0.736. The van der Waals surface area contributed by atoms with Gasteiger partial charge < -0.3 is 9.47 Å². The fourth-order valence-electron chi connectivity index (χ4n) is 6.41. The van der Waals surface area contributed by atoms with Gasteiger partial charge in [0.1, 0.15) is 23.0 Å². The van der Waals surface area contributed by atoms with E-state index in [0.29, 0.717) is 23.0 Å². The van der Waals surface area contributed by atoms with Crippen LogP contribution in [-0.4, -0.2) is 16.8 Å². The first-order valence-corrected chi connectivity index (χ1v) is 21.2. The number of hydrogen-bond donors (Lipinski definition) is 0. The summed E-state index contributed by atoms with van der Waals surface area (Å²) < 4.78 is 65.0. The van der Waals surface area contributed by atoms with Crippen molar-refractivity contribution in [1.29, 1.82) is 0 Å². The molecule has 0 heterocycles. The Bertz CT molecular complexity index is 2650. The molecular formula is C48H42O6S2. The van der Waals surface area contributed by atoms with Gasteiger partial charge in [0.05, 0.1) is 19.6 Å². The Morgan fingerprint density at radius 1 is 0.375 bits per heavy atom. The molecule has 0 atom stereocenters. The summed E-state index contributed by atoms with van der Waals surface area (Å²) in [5, 5.41) is 0. The molecule has 0 saturated carbocycles. The summed E-state index contributed by atoms with van der Waals surface area (Å²) in [5.74, 6) is 2.33. The van der Waals surface area contributed by atoms with Gasteiger partial charge in [-0.2, -0.15) is 0 Å². The van der Waals surface area contributed by atoms with E-state index in [1.165, 1.54) is 11.1 Å². The summed E-state index contributed by atoms with van der Waals surface area (Å²) in [6, 6.07) is 50.8. The second kappa shape index (κ2) is 15.6. The van der Waals surface area contributed by atoms with E-state index in [-0.39, 0.29) is 25.0 Å². The van der Waals surface area contributed by atoms with Crippen molar-refractivity contribution in [1.82, 2.24) is 0 Å². The van der Waals surface area contributed by atoms with E-state index < -0.39 is 19.7 Å². The molecule has 0 saturated heterocycles. The van der Waals surface area contributed by atoms with Crippen molar-refractivity contribution in [3.8, 4) is 23.0 Å². The van der Waals surface area contributed by atoms with Crippen molar-refractivity contribution in [2.45, 2.75) is 59.1 Å². The van der Waals surface area contributed by atoms with Gasteiger partial charge in [-0.3, -0.25) is 0 Å². The summed E-state index contributed by atoms with van der Waals surface area (Å²) in [7, 11) is -7.31. The molecule has 6 nitrogen and oxygen atoms in total. The summed E-state index contributed by atoms with van der Waals surface area (Å²) in [6.45, 7) is 8.25. The monoisotopic (exact) mass is 778 g/mol. The van der Waals surface area contributed by atoms with Crippen molar-refractivity contribution >= 4 is 19.7 Å². The molecule has 0 aliphatic carbocycles. The molecule has 0 unspecified atom stereocenters. The molecule has 0 N–H and O–H groups in total. The molecule has 0 aromatic heterocycles. The van der Waals surface area contributed by atoms with Gasteiger partial charge in [-0.15, -0.1) is 0 Å². The number of ether oxygens (including phenoxy) is 2. The molecule has 282 valence electrons. The number of benzene rings is 7. The van der Waals surface area contributed by atoms with Crippen molar-refractivity contribution in [2.24, 2.45) is 0 Å². The average molecular weight is 779 g/mol. The summed E-state index contributed by atoms with van der Waals surface area (Å²) in [4.78, 5) is 0.910.